The normalized spacial score (nSPS) is 15.9. The van der Waals surface area contributed by atoms with Gasteiger partial charge in [-0.3, -0.25) is 0 Å². The van der Waals surface area contributed by atoms with E-state index < -0.39 is 0 Å². The highest BCUT2D eigenvalue weighted by molar-refractivity contribution is 5.85. The van der Waals surface area contributed by atoms with Crippen LogP contribution in [0.1, 0.15) is 19.4 Å². The lowest BCUT2D eigenvalue weighted by Crippen LogP contribution is -2.24. The molecule has 1 aliphatic rings. The Balaban J connectivity index is 0.00000128. The van der Waals surface area contributed by atoms with Crippen molar-refractivity contribution in [3.63, 3.8) is 0 Å². The van der Waals surface area contributed by atoms with Crippen LogP contribution in [0.4, 0.5) is 0 Å². The van der Waals surface area contributed by atoms with Gasteiger partial charge in [0.15, 0.2) is 11.5 Å². The Kier molecular flexibility index (Phi) is 4.05. The first kappa shape index (κ1) is 13.1. The van der Waals surface area contributed by atoms with Crippen LogP contribution in [0.2, 0.25) is 0 Å². The Hall–Kier alpha value is -0.930. The second kappa shape index (κ2) is 4.93. The number of halogens is 1. The van der Waals surface area contributed by atoms with E-state index in [2.05, 4.69) is 19.9 Å². The van der Waals surface area contributed by atoms with Crippen molar-refractivity contribution in [2.45, 2.75) is 25.9 Å². The predicted molar refractivity (Wildman–Crippen MR) is 66.7 cm³/mol. The van der Waals surface area contributed by atoms with E-state index >= 15 is 0 Å². The van der Waals surface area contributed by atoms with Gasteiger partial charge in [-0.25, -0.2) is 0 Å². The van der Waals surface area contributed by atoms with Crippen LogP contribution in [0.15, 0.2) is 18.2 Å². The summed E-state index contributed by atoms with van der Waals surface area (Å²) >= 11 is 0. The van der Waals surface area contributed by atoms with Gasteiger partial charge in [0.25, 0.3) is 0 Å². The molecule has 0 aliphatic carbocycles. The smallest absolute Gasteiger partial charge is 0.165 e. The van der Waals surface area contributed by atoms with E-state index in [1.807, 2.05) is 12.1 Å². The van der Waals surface area contributed by atoms with Gasteiger partial charge in [0.05, 0.1) is 0 Å². The van der Waals surface area contributed by atoms with Crippen LogP contribution in [0.25, 0.3) is 0 Å². The van der Waals surface area contributed by atoms with Crippen molar-refractivity contribution in [3.05, 3.63) is 23.8 Å². The van der Waals surface area contributed by atoms with Crippen molar-refractivity contribution < 1.29 is 9.47 Å². The van der Waals surface area contributed by atoms with E-state index in [0.717, 1.165) is 17.9 Å². The number of fused-ring (bicyclic) bond motifs is 1. The van der Waals surface area contributed by atoms with Crippen molar-refractivity contribution >= 4 is 12.4 Å². The molecule has 0 amide bonds. The molecule has 4 heteroatoms. The van der Waals surface area contributed by atoms with Crippen molar-refractivity contribution in [1.82, 2.24) is 0 Å². The molecule has 0 saturated heterocycles. The Morgan fingerprint density at radius 3 is 2.88 bits per heavy atom. The lowest BCUT2D eigenvalue weighted by atomic mass is 10.0. The standard InChI is InChI=1S/C12H17NO2.ClH/c1-12(2)8-9-4-3-5-10(11(9)15-12)14-7-6-13;/h3-5H,6-8,13H2,1-2H3;1H. The van der Waals surface area contributed by atoms with E-state index in [9.17, 15) is 0 Å². The molecule has 0 saturated carbocycles. The first-order valence-corrected chi connectivity index (χ1v) is 5.26. The minimum Gasteiger partial charge on any atom is -0.488 e. The third-order valence-corrected chi connectivity index (χ3v) is 2.43. The summed E-state index contributed by atoms with van der Waals surface area (Å²) in [6.07, 6.45) is 0.933. The molecular weight excluding hydrogens is 226 g/mol. The predicted octanol–water partition coefficient (Wildman–Crippen LogP) is 2.16. The summed E-state index contributed by atoms with van der Waals surface area (Å²) in [4.78, 5) is 0. The molecule has 0 radical (unpaired) electrons. The summed E-state index contributed by atoms with van der Waals surface area (Å²) in [5.41, 5.74) is 6.51. The lowest BCUT2D eigenvalue weighted by Gasteiger charge is -2.18. The molecule has 90 valence electrons. The number of hydrogen-bond donors (Lipinski definition) is 1. The molecule has 0 aromatic heterocycles. The van der Waals surface area contributed by atoms with E-state index in [0.29, 0.717) is 13.2 Å². The van der Waals surface area contributed by atoms with Crippen LogP contribution >= 0.6 is 12.4 Å². The van der Waals surface area contributed by atoms with Crippen LogP contribution in [-0.4, -0.2) is 18.8 Å². The van der Waals surface area contributed by atoms with E-state index in [-0.39, 0.29) is 18.0 Å². The third-order valence-electron chi connectivity index (χ3n) is 2.43. The van der Waals surface area contributed by atoms with Gasteiger partial charge < -0.3 is 15.2 Å². The van der Waals surface area contributed by atoms with Gasteiger partial charge >= 0.3 is 0 Å². The molecule has 0 fully saturated rings. The second-order valence-electron chi connectivity index (χ2n) is 4.42. The summed E-state index contributed by atoms with van der Waals surface area (Å²) in [6, 6.07) is 6.00. The quantitative estimate of drug-likeness (QED) is 0.885. The van der Waals surface area contributed by atoms with Gasteiger partial charge in [-0.05, 0) is 19.9 Å². The largest absolute Gasteiger partial charge is 0.488 e. The van der Waals surface area contributed by atoms with Crippen LogP contribution in [0.5, 0.6) is 11.5 Å². The molecule has 3 nitrogen and oxygen atoms in total. The van der Waals surface area contributed by atoms with Gasteiger partial charge in [-0.1, -0.05) is 12.1 Å². The van der Waals surface area contributed by atoms with Gasteiger partial charge in [0, 0.05) is 18.5 Å². The van der Waals surface area contributed by atoms with E-state index in [4.69, 9.17) is 15.2 Å². The number of rotatable bonds is 3. The summed E-state index contributed by atoms with van der Waals surface area (Å²) < 4.78 is 11.4. The van der Waals surface area contributed by atoms with Crippen molar-refractivity contribution in [3.8, 4) is 11.5 Å². The molecule has 16 heavy (non-hydrogen) atoms. The van der Waals surface area contributed by atoms with Gasteiger partial charge in [0.2, 0.25) is 0 Å². The number of para-hydroxylation sites is 1. The zero-order valence-electron chi connectivity index (χ0n) is 9.66. The highest BCUT2D eigenvalue weighted by atomic mass is 35.5. The average molecular weight is 244 g/mol. The molecule has 0 atom stereocenters. The van der Waals surface area contributed by atoms with E-state index in [1.54, 1.807) is 0 Å². The molecule has 1 aromatic carbocycles. The molecule has 2 N–H and O–H groups in total. The Labute approximate surface area is 102 Å². The van der Waals surface area contributed by atoms with Gasteiger partial charge in [-0.15, -0.1) is 12.4 Å². The number of hydrogen-bond acceptors (Lipinski definition) is 3. The maximum Gasteiger partial charge on any atom is 0.165 e. The third kappa shape index (κ3) is 2.60. The fourth-order valence-electron chi connectivity index (χ4n) is 1.87. The molecule has 1 aromatic rings. The fourth-order valence-corrected chi connectivity index (χ4v) is 1.87. The SMILES string of the molecule is CC1(C)Cc2cccc(OCCN)c2O1.Cl. The van der Waals surface area contributed by atoms with Crippen LogP contribution in [0, 0.1) is 0 Å². The molecule has 2 rings (SSSR count). The van der Waals surface area contributed by atoms with Crippen LogP contribution in [-0.2, 0) is 6.42 Å². The summed E-state index contributed by atoms with van der Waals surface area (Å²) in [5, 5.41) is 0. The summed E-state index contributed by atoms with van der Waals surface area (Å²) in [6.45, 7) is 5.22. The van der Waals surface area contributed by atoms with E-state index in [1.165, 1.54) is 5.56 Å². The summed E-state index contributed by atoms with van der Waals surface area (Å²) in [7, 11) is 0. The molecule has 0 spiro atoms. The first-order valence-electron chi connectivity index (χ1n) is 5.26. The first-order chi connectivity index (χ1) is 7.12. The number of nitrogens with two attached hydrogens (primary N) is 1. The zero-order chi connectivity index (χ0) is 10.9. The highest BCUT2D eigenvalue weighted by Gasteiger charge is 2.32. The average Bonchev–Trinajstić information content (AvgIpc) is 2.49. The van der Waals surface area contributed by atoms with Crippen molar-refractivity contribution in [2.75, 3.05) is 13.2 Å². The molecule has 1 heterocycles. The highest BCUT2D eigenvalue weighted by Crippen LogP contribution is 2.41. The number of ether oxygens (including phenoxy) is 2. The van der Waals surface area contributed by atoms with Gasteiger partial charge in [-0.2, -0.15) is 0 Å². The second-order valence-corrected chi connectivity index (χ2v) is 4.42. The van der Waals surface area contributed by atoms with Crippen molar-refractivity contribution in [2.24, 2.45) is 5.73 Å². The molecular formula is C12H18ClNO2. The Bertz CT molecular complexity index is 366. The molecule has 1 aliphatic heterocycles. The minimum atomic E-state index is -0.121. The maximum atomic E-state index is 5.86. The topological polar surface area (TPSA) is 44.5 Å². The Morgan fingerprint density at radius 2 is 2.19 bits per heavy atom. The number of benzene rings is 1. The van der Waals surface area contributed by atoms with Crippen LogP contribution in [0.3, 0.4) is 0 Å². The van der Waals surface area contributed by atoms with Crippen LogP contribution < -0.4 is 15.2 Å². The minimum absolute atomic E-state index is 0. The zero-order valence-corrected chi connectivity index (χ0v) is 10.5. The van der Waals surface area contributed by atoms with Crippen molar-refractivity contribution in [1.29, 1.82) is 0 Å². The Morgan fingerprint density at radius 1 is 1.44 bits per heavy atom. The van der Waals surface area contributed by atoms with Gasteiger partial charge in [0.1, 0.15) is 12.2 Å². The monoisotopic (exact) mass is 243 g/mol. The molecule has 0 unspecified atom stereocenters. The maximum absolute atomic E-state index is 5.86. The summed E-state index contributed by atoms with van der Waals surface area (Å²) in [5.74, 6) is 1.69. The molecule has 0 bridgehead atoms. The lowest BCUT2D eigenvalue weighted by molar-refractivity contribution is 0.132. The fraction of sp³-hybridized carbons (Fsp3) is 0.500.